The molecule has 1 aromatic carbocycles. The van der Waals surface area contributed by atoms with Gasteiger partial charge in [0, 0.05) is 43.7 Å². The van der Waals surface area contributed by atoms with Crippen LogP contribution >= 0.6 is 0 Å². The molecule has 1 aromatic heterocycles. The Hall–Kier alpha value is -1.98. The zero-order valence-electron chi connectivity index (χ0n) is 14.8. The Morgan fingerprint density at radius 1 is 1.16 bits per heavy atom. The summed E-state index contributed by atoms with van der Waals surface area (Å²) in [5.41, 5.74) is 4.13. The number of hydrogen-bond acceptors (Lipinski definition) is 5. The van der Waals surface area contributed by atoms with E-state index >= 15 is 0 Å². The van der Waals surface area contributed by atoms with Crippen LogP contribution in [0.15, 0.2) is 36.7 Å². The second kappa shape index (κ2) is 7.50. The van der Waals surface area contributed by atoms with E-state index in [1.807, 2.05) is 12.4 Å². The van der Waals surface area contributed by atoms with Crippen LogP contribution < -0.4 is 5.32 Å². The minimum Gasteiger partial charge on any atom is -0.376 e. The van der Waals surface area contributed by atoms with Crippen molar-refractivity contribution in [3.05, 3.63) is 53.3 Å². The third kappa shape index (κ3) is 3.99. The van der Waals surface area contributed by atoms with E-state index in [1.165, 1.54) is 11.1 Å². The summed E-state index contributed by atoms with van der Waals surface area (Å²) in [5.74, 6) is 0.690. The molecule has 0 unspecified atom stereocenters. The maximum atomic E-state index is 5.61. The van der Waals surface area contributed by atoms with Crippen molar-refractivity contribution in [1.82, 2.24) is 14.9 Å². The van der Waals surface area contributed by atoms with Crippen molar-refractivity contribution in [2.45, 2.75) is 44.4 Å². The van der Waals surface area contributed by atoms with E-state index in [9.17, 15) is 0 Å². The van der Waals surface area contributed by atoms with E-state index < -0.39 is 0 Å². The van der Waals surface area contributed by atoms with Crippen molar-refractivity contribution in [3.8, 4) is 0 Å². The molecule has 1 aliphatic heterocycles. The normalized spacial score (nSPS) is 20.2. The number of hydrogen-bond donors (Lipinski definition) is 1. The van der Waals surface area contributed by atoms with Gasteiger partial charge in [-0.25, -0.2) is 9.97 Å². The Morgan fingerprint density at radius 3 is 2.52 bits per heavy atom. The topological polar surface area (TPSA) is 50.3 Å². The number of likely N-dealkylation sites (N-methyl/N-ethyl adjacent to an activating group) is 1. The van der Waals surface area contributed by atoms with Crippen molar-refractivity contribution in [3.63, 3.8) is 0 Å². The molecule has 0 radical (unpaired) electrons. The van der Waals surface area contributed by atoms with E-state index in [0.717, 1.165) is 50.9 Å². The molecular weight excluding hydrogens is 312 g/mol. The van der Waals surface area contributed by atoms with Gasteiger partial charge in [0.05, 0.1) is 6.10 Å². The third-order valence-electron chi connectivity index (χ3n) is 5.30. The standard InChI is InChI=1S/C20H26N4O/c1-24(18-9-16-5-2-3-6-17(16)10-18)14-15-11-21-20(22-12-15)23-13-19-7-4-8-25-19/h2-3,5-6,11-12,18-19H,4,7-10,13-14H2,1H3,(H,21,22,23)/t19-/m0/s1. The van der Waals surface area contributed by atoms with Gasteiger partial charge in [-0.05, 0) is 43.9 Å². The van der Waals surface area contributed by atoms with Gasteiger partial charge in [-0.2, -0.15) is 0 Å². The molecule has 1 N–H and O–H groups in total. The number of rotatable bonds is 6. The molecule has 2 aliphatic rings. The molecule has 25 heavy (non-hydrogen) atoms. The Labute approximate surface area is 149 Å². The maximum absolute atomic E-state index is 5.61. The summed E-state index contributed by atoms with van der Waals surface area (Å²) >= 11 is 0. The molecule has 0 saturated carbocycles. The van der Waals surface area contributed by atoms with Gasteiger partial charge >= 0.3 is 0 Å². The van der Waals surface area contributed by atoms with E-state index in [1.54, 1.807) is 0 Å². The highest BCUT2D eigenvalue weighted by Crippen LogP contribution is 2.25. The minimum atomic E-state index is 0.304. The van der Waals surface area contributed by atoms with Gasteiger partial charge < -0.3 is 10.1 Å². The van der Waals surface area contributed by atoms with Crippen molar-refractivity contribution >= 4 is 5.95 Å². The molecule has 0 spiro atoms. The van der Waals surface area contributed by atoms with Crippen LogP contribution in [0.4, 0.5) is 5.95 Å². The van der Waals surface area contributed by atoms with Crippen molar-refractivity contribution in [2.75, 3.05) is 25.5 Å². The predicted octanol–water partition coefficient (Wildman–Crippen LogP) is 2.67. The second-order valence-corrected chi connectivity index (χ2v) is 7.18. The number of benzene rings is 1. The molecule has 1 saturated heterocycles. The summed E-state index contributed by atoms with van der Waals surface area (Å²) < 4.78 is 5.61. The molecule has 0 bridgehead atoms. The Kier molecular flexibility index (Phi) is 4.95. The van der Waals surface area contributed by atoms with Gasteiger partial charge in [0.1, 0.15) is 0 Å². The Bertz CT molecular complexity index is 672. The van der Waals surface area contributed by atoms with Crippen LogP contribution in [-0.2, 0) is 24.1 Å². The van der Waals surface area contributed by atoms with Crippen LogP contribution in [0.1, 0.15) is 29.5 Å². The highest BCUT2D eigenvalue weighted by Gasteiger charge is 2.24. The second-order valence-electron chi connectivity index (χ2n) is 7.18. The molecule has 1 aliphatic carbocycles. The fraction of sp³-hybridized carbons (Fsp3) is 0.500. The van der Waals surface area contributed by atoms with Gasteiger partial charge in [0.15, 0.2) is 0 Å². The van der Waals surface area contributed by atoms with E-state index in [-0.39, 0.29) is 0 Å². The maximum Gasteiger partial charge on any atom is 0.222 e. The van der Waals surface area contributed by atoms with Crippen LogP contribution in [0.3, 0.4) is 0 Å². The van der Waals surface area contributed by atoms with Gasteiger partial charge in [0.25, 0.3) is 0 Å². The Balaban J connectivity index is 1.29. The van der Waals surface area contributed by atoms with Crippen molar-refractivity contribution in [1.29, 1.82) is 0 Å². The highest BCUT2D eigenvalue weighted by molar-refractivity contribution is 5.33. The lowest BCUT2D eigenvalue weighted by Gasteiger charge is -2.23. The molecular formula is C20H26N4O. The summed E-state index contributed by atoms with van der Waals surface area (Å²) in [4.78, 5) is 11.3. The lowest BCUT2D eigenvalue weighted by molar-refractivity contribution is 0.120. The van der Waals surface area contributed by atoms with Crippen LogP contribution in [0.25, 0.3) is 0 Å². The number of nitrogens with zero attached hydrogens (tertiary/aromatic N) is 3. The van der Waals surface area contributed by atoms with Crippen molar-refractivity contribution in [2.24, 2.45) is 0 Å². The van der Waals surface area contributed by atoms with E-state index in [2.05, 4.69) is 51.5 Å². The van der Waals surface area contributed by atoms with Gasteiger partial charge in [-0.15, -0.1) is 0 Å². The number of aromatic nitrogens is 2. The molecule has 1 fully saturated rings. The zero-order valence-corrected chi connectivity index (χ0v) is 14.8. The molecule has 2 heterocycles. The van der Waals surface area contributed by atoms with Crippen LogP contribution in [-0.4, -0.2) is 47.2 Å². The van der Waals surface area contributed by atoms with Gasteiger partial charge in [-0.3, -0.25) is 4.90 Å². The minimum absolute atomic E-state index is 0.304. The molecule has 4 rings (SSSR count). The van der Waals surface area contributed by atoms with Crippen LogP contribution in [0, 0.1) is 0 Å². The molecule has 1 atom stereocenters. The molecule has 5 heteroatoms. The lowest BCUT2D eigenvalue weighted by atomic mass is 10.1. The summed E-state index contributed by atoms with van der Waals surface area (Å²) in [6.07, 6.45) is 8.72. The molecule has 2 aromatic rings. The van der Waals surface area contributed by atoms with Crippen LogP contribution in [0.2, 0.25) is 0 Å². The zero-order chi connectivity index (χ0) is 17.1. The summed E-state index contributed by atoms with van der Waals surface area (Å²) in [5, 5.41) is 3.27. The summed E-state index contributed by atoms with van der Waals surface area (Å²) in [6.45, 7) is 2.55. The van der Waals surface area contributed by atoms with E-state index in [4.69, 9.17) is 4.74 Å². The number of anilines is 1. The number of nitrogens with one attached hydrogen (secondary N) is 1. The first kappa shape index (κ1) is 16.5. The highest BCUT2D eigenvalue weighted by atomic mass is 16.5. The SMILES string of the molecule is CN(Cc1cnc(NC[C@@H]2CCCO2)nc1)C1Cc2ccccc2C1. The first-order valence-electron chi connectivity index (χ1n) is 9.21. The third-order valence-corrected chi connectivity index (χ3v) is 5.30. The molecule has 5 nitrogen and oxygen atoms in total. The fourth-order valence-electron chi connectivity index (χ4n) is 3.80. The molecule has 0 amide bonds. The van der Waals surface area contributed by atoms with Gasteiger partial charge in [-0.1, -0.05) is 24.3 Å². The summed E-state index contributed by atoms with van der Waals surface area (Å²) in [7, 11) is 2.19. The fourth-order valence-corrected chi connectivity index (χ4v) is 3.80. The smallest absolute Gasteiger partial charge is 0.222 e. The average molecular weight is 338 g/mol. The summed E-state index contributed by atoms with van der Waals surface area (Å²) in [6, 6.07) is 9.34. The van der Waals surface area contributed by atoms with Crippen LogP contribution in [0.5, 0.6) is 0 Å². The quantitative estimate of drug-likeness (QED) is 0.877. The number of fused-ring (bicyclic) bond motifs is 1. The molecule has 132 valence electrons. The predicted molar refractivity (Wildman–Crippen MR) is 98.6 cm³/mol. The van der Waals surface area contributed by atoms with Gasteiger partial charge in [0.2, 0.25) is 5.95 Å². The first-order valence-corrected chi connectivity index (χ1v) is 9.21. The lowest BCUT2D eigenvalue weighted by Crippen LogP contribution is -2.31. The Morgan fingerprint density at radius 2 is 1.88 bits per heavy atom. The van der Waals surface area contributed by atoms with Crippen molar-refractivity contribution < 1.29 is 4.74 Å². The van der Waals surface area contributed by atoms with E-state index in [0.29, 0.717) is 18.1 Å². The monoisotopic (exact) mass is 338 g/mol. The largest absolute Gasteiger partial charge is 0.376 e. The first-order chi connectivity index (χ1) is 12.3. The average Bonchev–Trinajstić information content (AvgIpc) is 3.30. The number of ether oxygens (including phenoxy) is 1.